The Bertz CT molecular complexity index is 1410. The van der Waals surface area contributed by atoms with Gasteiger partial charge in [0.1, 0.15) is 11.3 Å². The predicted octanol–water partition coefficient (Wildman–Crippen LogP) is 3.82. The lowest BCUT2D eigenvalue weighted by atomic mass is 9.76. The van der Waals surface area contributed by atoms with E-state index in [9.17, 15) is 14.4 Å². The highest BCUT2D eigenvalue weighted by atomic mass is 35.5. The van der Waals surface area contributed by atoms with Crippen molar-refractivity contribution in [3.05, 3.63) is 88.4 Å². The van der Waals surface area contributed by atoms with Gasteiger partial charge < -0.3 is 10.1 Å². The second kappa shape index (κ2) is 8.18. The summed E-state index contributed by atoms with van der Waals surface area (Å²) in [5, 5.41) is 6.96. The van der Waals surface area contributed by atoms with E-state index in [1.165, 1.54) is 4.90 Å². The van der Waals surface area contributed by atoms with Gasteiger partial charge >= 0.3 is 0 Å². The summed E-state index contributed by atoms with van der Waals surface area (Å²) in [5.74, 6) is -2.04. The molecule has 0 bridgehead atoms. The lowest BCUT2D eigenvalue weighted by molar-refractivity contribution is -0.130. The van der Waals surface area contributed by atoms with Crippen molar-refractivity contribution in [1.82, 2.24) is 5.32 Å². The molecule has 2 N–H and O–H groups in total. The fraction of sp³-hybridized carbons (Fsp3) is 0.250. The van der Waals surface area contributed by atoms with Crippen molar-refractivity contribution in [2.75, 3.05) is 17.3 Å². The van der Waals surface area contributed by atoms with E-state index in [2.05, 4.69) is 10.6 Å². The molecule has 0 aliphatic carbocycles. The molecule has 1 spiro atoms. The van der Waals surface area contributed by atoms with Gasteiger partial charge in [-0.2, -0.15) is 0 Å². The molecule has 182 valence electrons. The minimum absolute atomic E-state index is 0.313. The Morgan fingerprint density at radius 1 is 0.972 bits per heavy atom. The maximum absolute atomic E-state index is 14.0. The summed E-state index contributed by atoms with van der Waals surface area (Å²) in [6.45, 7) is 1.83. The number of methoxy groups -OCH3 is 1. The number of amides is 3. The maximum atomic E-state index is 14.0. The third kappa shape index (κ3) is 3.06. The van der Waals surface area contributed by atoms with Crippen molar-refractivity contribution in [3.63, 3.8) is 0 Å². The van der Waals surface area contributed by atoms with Crippen LogP contribution >= 0.6 is 11.6 Å². The highest BCUT2D eigenvalue weighted by Crippen LogP contribution is 2.55. The second-order valence-corrected chi connectivity index (χ2v) is 9.92. The third-order valence-corrected chi connectivity index (χ3v) is 8.12. The molecule has 3 aliphatic heterocycles. The molecule has 4 atom stereocenters. The summed E-state index contributed by atoms with van der Waals surface area (Å²) >= 11 is 6.35. The first kappa shape index (κ1) is 22.8. The van der Waals surface area contributed by atoms with Crippen LogP contribution in [0.25, 0.3) is 0 Å². The number of ether oxygens (including phenoxy) is 1. The van der Waals surface area contributed by atoms with E-state index in [1.54, 1.807) is 43.5 Å². The first-order valence-electron chi connectivity index (χ1n) is 11.8. The number of halogens is 1. The molecule has 0 aromatic heterocycles. The van der Waals surface area contributed by atoms with Gasteiger partial charge in [-0.1, -0.05) is 48.0 Å². The Hall–Kier alpha value is -3.68. The van der Waals surface area contributed by atoms with E-state index in [0.29, 0.717) is 34.1 Å². The van der Waals surface area contributed by atoms with E-state index in [4.69, 9.17) is 16.3 Å². The number of carbonyl (C=O) groups is 3. The van der Waals surface area contributed by atoms with Gasteiger partial charge in [-0.3, -0.25) is 19.7 Å². The number of carbonyl (C=O) groups excluding carboxylic acids is 3. The number of nitrogens with zero attached hydrogens (tertiary/aromatic N) is 1. The summed E-state index contributed by atoms with van der Waals surface area (Å²) in [5.41, 5.74) is 2.08. The highest BCUT2D eigenvalue weighted by Gasteiger charge is 2.70. The lowest BCUT2D eigenvalue weighted by Crippen LogP contribution is -2.53. The maximum Gasteiger partial charge on any atom is 0.250 e. The van der Waals surface area contributed by atoms with Crippen LogP contribution in [0.3, 0.4) is 0 Å². The average Bonchev–Trinajstić information content (AvgIpc) is 3.47. The second-order valence-electron chi connectivity index (χ2n) is 9.51. The molecule has 3 heterocycles. The molecule has 2 saturated heterocycles. The van der Waals surface area contributed by atoms with Crippen molar-refractivity contribution in [2.45, 2.75) is 24.9 Å². The van der Waals surface area contributed by atoms with Crippen molar-refractivity contribution in [3.8, 4) is 5.75 Å². The van der Waals surface area contributed by atoms with Gasteiger partial charge in [0.25, 0.3) is 0 Å². The summed E-state index contributed by atoms with van der Waals surface area (Å²) in [4.78, 5) is 42.9. The summed E-state index contributed by atoms with van der Waals surface area (Å²) in [7, 11) is 1.56. The number of nitrogens with one attached hydrogen (secondary N) is 2. The zero-order valence-corrected chi connectivity index (χ0v) is 20.5. The average molecular weight is 502 g/mol. The SMILES string of the molecule is COc1ccc(N2C(=O)C3C(Cc4ccccc4)NC4(C(=O)Nc5c4ccc(Cl)c5C)C3C2=O)cc1. The first-order chi connectivity index (χ1) is 17.4. The molecule has 0 saturated carbocycles. The number of imide groups is 1. The molecule has 3 amide bonds. The molecule has 2 fully saturated rings. The molecule has 7 nitrogen and oxygen atoms in total. The summed E-state index contributed by atoms with van der Waals surface area (Å²) in [6, 6.07) is 19.7. The van der Waals surface area contributed by atoms with Crippen LogP contribution in [0.4, 0.5) is 11.4 Å². The van der Waals surface area contributed by atoms with Crippen molar-refractivity contribution in [1.29, 1.82) is 0 Å². The molecular formula is C28H24ClN3O4. The van der Waals surface area contributed by atoms with Crippen LogP contribution in [0.15, 0.2) is 66.7 Å². The molecule has 8 heteroatoms. The Kier molecular flexibility index (Phi) is 5.17. The van der Waals surface area contributed by atoms with E-state index < -0.39 is 29.3 Å². The molecule has 0 radical (unpaired) electrons. The molecule has 3 aliphatic rings. The predicted molar refractivity (Wildman–Crippen MR) is 136 cm³/mol. The van der Waals surface area contributed by atoms with Crippen LogP contribution in [0.2, 0.25) is 5.02 Å². The number of benzene rings is 3. The zero-order valence-electron chi connectivity index (χ0n) is 19.7. The quantitative estimate of drug-likeness (QED) is 0.531. The first-order valence-corrected chi connectivity index (χ1v) is 12.2. The fourth-order valence-electron chi connectivity index (χ4n) is 6.02. The molecule has 36 heavy (non-hydrogen) atoms. The third-order valence-electron chi connectivity index (χ3n) is 7.71. The van der Waals surface area contributed by atoms with Gasteiger partial charge in [-0.05, 0) is 54.8 Å². The van der Waals surface area contributed by atoms with Gasteiger partial charge in [-0.25, -0.2) is 4.90 Å². The molecule has 3 aromatic rings. The van der Waals surface area contributed by atoms with E-state index in [-0.39, 0.29) is 11.8 Å². The van der Waals surface area contributed by atoms with Crippen LogP contribution < -0.4 is 20.3 Å². The Morgan fingerprint density at radius 2 is 1.69 bits per heavy atom. The summed E-state index contributed by atoms with van der Waals surface area (Å²) in [6.07, 6.45) is 0.494. The normalized spacial score (nSPS) is 26.4. The van der Waals surface area contributed by atoms with Crippen molar-refractivity contribution in [2.24, 2.45) is 11.8 Å². The minimum Gasteiger partial charge on any atom is -0.497 e. The topological polar surface area (TPSA) is 87.7 Å². The van der Waals surface area contributed by atoms with Gasteiger partial charge in [0.2, 0.25) is 17.7 Å². The van der Waals surface area contributed by atoms with Crippen LogP contribution in [-0.2, 0) is 26.3 Å². The number of hydrogen-bond donors (Lipinski definition) is 2. The van der Waals surface area contributed by atoms with E-state index >= 15 is 0 Å². The smallest absolute Gasteiger partial charge is 0.250 e. The van der Waals surface area contributed by atoms with Gasteiger partial charge in [0.05, 0.1) is 30.3 Å². The van der Waals surface area contributed by atoms with Crippen LogP contribution in [0.5, 0.6) is 5.75 Å². The zero-order chi connectivity index (χ0) is 25.2. The standard InChI is InChI=1S/C28H24ClN3O4/c1-15-20(29)13-12-19-24(15)30-27(35)28(19)23-22(21(31-28)14-16-6-4-3-5-7-16)25(33)32(26(23)34)17-8-10-18(36-2)11-9-17/h3-13,21-23,31H,14H2,1-2H3,(H,30,35). The lowest BCUT2D eigenvalue weighted by Gasteiger charge is -2.29. The molecule has 6 rings (SSSR count). The van der Waals surface area contributed by atoms with Crippen LogP contribution in [0, 0.1) is 18.8 Å². The highest BCUT2D eigenvalue weighted by molar-refractivity contribution is 6.32. The molecular weight excluding hydrogens is 478 g/mol. The largest absolute Gasteiger partial charge is 0.497 e. The number of rotatable bonds is 4. The Morgan fingerprint density at radius 3 is 2.39 bits per heavy atom. The van der Waals surface area contributed by atoms with E-state index in [1.807, 2.05) is 37.3 Å². The van der Waals surface area contributed by atoms with Crippen molar-refractivity contribution < 1.29 is 19.1 Å². The van der Waals surface area contributed by atoms with E-state index in [0.717, 1.165) is 11.1 Å². The van der Waals surface area contributed by atoms with Crippen LogP contribution in [-0.4, -0.2) is 30.9 Å². The summed E-state index contributed by atoms with van der Waals surface area (Å²) < 4.78 is 5.23. The Labute approximate surface area is 213 Å². The van der Waals surface area contributed by atoms with Crippen molar-refractivity contribution >= 4 is 40.7 Å². The van der Waals surface area contributed by atoms with Gasteiger partial charge in [-0.15, -0.1) is 0 Å². The fourth-order valence-corrected chi connectivity index (χ4v) is 6.18. The van der Waals surface area contributed by atoms with Gasteiger partial charge in [0.15, 0.2) is 0 Å². The van der Waals surface area contributed by atoms with Crippen LogP contribution in [0.1, 0.15) is 16.7 Å². The van der Waals surface area contributed by atoms with Gasteiger partial charge in [0, 0.05) is 16.6 Å². The minimum atomic E-state index is -1.37. The number of hydrogen-bond acceptors (Lipinski definition) is 5. The molecule has 4 unspecified atom stereocenters. The number of fused-ring (bicyclic) bond motifs is 4. The Balaban J connectivity index is 1.50. The number of anilines is 2. The monoisotopic (exact) mass is 501 g/mol. The molecule has 3 aromatic carbocycles.